The molecular weight excluding hydrogens is 278 g/mol. The van der Waals surface area contributed by atoms with Crippen LogP contribution in [0.4, 0.5) is 10.5 Å². The Bertz CT molecular complexity index is 827. The van der Waals surface area contributed by atoms with Crippen LogP contribution < -0.4 is 10.5 Å². The van der Waals surface area contributed by atoms with Crippen molar-refractivity contribution in [1.82, 2.24) is 9.55 Å². The summed E-state index contributed by atoms with van der Waals surface area (Å²) < 4.78 is 1.14. The molecule has 0 unspecified atom stereocenters. The summed E-state index contributed by atoms with van der Waals surface area (Å²) in [7, 11) is 0. The predicted octanol–water partition coefficient (Wildman–Crippen LogP) is 0.929. The Balaban J connectivity index is 2.33. The topological polar surface area (TPSA) is 113 Å². The van der Waals surface area contributed by atoms with E-state index in [1.807, 2.05) is 0 Å². The van der Waals surface area contributed by atoms with E-state index >= 15 is 0 Å². The summed E-state index contributed by atoms with van der Waals surface area (Å²) in [5.74, 6) is -1.20. The quantitative estimate of drug-likeness (QED) is 0.806. The lowest BCUT2D eigenvalue weighted by atomic mass is 10.2. The van der Waals surface area contributed by atoms with Gasteiger partial charge in [-0.2, -0.15) is 0 Å². The van der Waals surface area contributed by atoms with Crippen LogP contribution in [0.2, 0.25) is 0 Å². The van der Waals surface area contributed by atoms with Crippen LogP contribution in [0.1, 0.15) is 16.2 Å². The van der Waals surface area contributed by atoms with Gasteiger partial charge in [0.1, 0.15) is 11.4 Å². The minimum Gasteiger partial charge on any atom is -0.477 e. The number of rotatable bonds is 1. The maximum absolute atomic E-state index is 12.3. The molecule has 2 heterocycles. The lowest BCUT2D eigenvalue weighted by molar-refractivity contribution is 0.0693. The van der Waals surface area contributed by atoms with Crippen molar-refractivity contribution in [3.05, 3.63) is 52.2 Å². The van der Waals surface area contributed by atoms with E-state index in [-0.39, 0.29) is 12.4 Å². The first-order chi connectivity index (χ1) is 10.0. The number of aromatic carboxylic acids is 1. The van der Waals surface area contributed by atoms with Crippen molar-refractivity contribution in [2.24, 2.45) is 0 Å². The second-order valence-corrected chi connectivity index (χ2v) is 4.39. The highest BCUT2D eigenvalue weighted by molar-refractivity contribution is 5.90. The Kier molecular flexibility index (Phi) is 2.72. The van der Waals surface area contributed by atoms with Crippen LogP contribution in [0.15, 0.2) is 35.3 Å². The highest BCUT2D eigenvalue weighted by atomic mass is 16.4. The SMILES string of the molecule is O=C(O)c1cnc2n(c1=O)-c1ccccc1N(C(=O)O)C2. The molecule has 2 aromatic rings. The van der Waals surface area contributed by atoms with Crippen molar-refractivity contribution in [1.29, 1.82) is 0 Å². The standard InChI is InChI=1S/C13H9N3O5/c17-11-7(12(18)19)5-14-10-6-15(13(20)21)8-3-1-2-4-9(8)16(10)11/h1-5H,6H2,(H,18,19)(H,20,21). The van der Waals surface area contributed by atoms with E-state index < -0.39 is 23.2 Å². The number of benzene rings is 1. The van der Waals surface area contributed by atoms with Crippen LogP contribution in [0.5, 0.6) is 0 Å². The van der Waals surface area contributed by atoms with E-state index in [9.17, 15) is 19.5 Å². The lowest BCUT2D eigenvalue weighted by Crippen LogP contribution is -2.39. The van der Waals surface area contributed by atoms with Gasteiger partial charge in [0.2, 0.25) is 0 Å². The zero-order valence-electron chi connectivity index (χ0n) is 10.6. The van der Waals surface area contributed by atoms with E-state index in [2.05, 4.69) is 4.98 Å². The van der Waals surface area contributed by atoms with Crippen molar-refractivity contribution in [3.8, 4) is 5.69 Å². The van der Waals surface area contributed by atoms with E-state index in [4.69, 9.17) is 5.11 Å². The highest BCUT2D eigenvalue weighted by Crippen LogP contribution is 2.29. The van der Waals surface area contributed by atoms with E-state index in [0.29, 0.717) is 11.4 Å². The molecule has 0 saturated heterocycles. The van der Waals surface area contributed by atoms with E-state index in [1.165, 1.54) is 0 Å². The molecule has 0 atom stereocenters. The minimum atomic E-state index is -1.37. The molecule has 1 aliphatic heterocycles. The molecule has 1 aromatic carbocycles. The van der Waals surface area contributed by atoms with Crippen LogP contribution in [0.3, 0.4) is 0 Å². The molecule has 0 bridgehead atoms. The Morgan fingerprint density at radius 1 is 1.14 bits per heavy atom. The number of hydrogen-bond donors (Lipinski definition) is 2. The van der Waals surface area contributed by atoms with Crippen molar-refractivity contribution in [2.75, 3.05) is 4.90 Å². The normalized spacial score (nSPS) is 12.5. The predicted molar refractivity (Wildman–Crippen MR) is 71.0 cm³/mol. The third-order valence-electron chi connectivity index (χ3n) is 3.21. The third kappa shape index (κ3) is 1.84. The highest BCUT2D eigenvalue weighted by Gasteiger charge is 2.29. The Hall–Kier alpha value is -3.16. The fourth-order valence-electron chi connectivity index (χ4n) is 2.28. The molecule has 2 N–H and O–H groups in total. The largest absolute Gasteiger partial charge is 0.477 e. The average molecular weight is 287 g/mol. The summed E-state index contributed by atoms with van der Waals surface area (Å²) in [5.41, 5.74) is -0.590. The number of carbonyl (C=O) groups is 2. The number of fused-ring (bicyclic) bond motifs is 3. The Morgan fingerprint density at radius 3 is 2.43 bits per heavy atom. The van der Waals surface area contributed by atoms with E-state index in [1.54, 1.807) is 24.3 Å². The van der Waals surface area contributed by atoms with Gasteiger partial charge in [-0.25, -0.2) is 14.6 Å². The molecule has 0 aliphatic carbocycles. The van der Waals surface area contributed by atoms with Gasteiger partial charge in [-0.15, -0.1) is 0 Å². The van der Waals surface area contributed by atoms with Crippen LogP contribution in [-0.2, 0) is 6.54 Å². The molecule has 21 heavy (non-hydrogen) atoms. The van der Waals surface area contributed by atoms with Gasteiger partial charge in [0.05, 0.1) is 17.9 Å². The molecule has 1 amide bonds. The summed E-state index contributed by atoms with van der Waals surface area (Å²) in [6.45, 7) is -0.124. The fourth-order valence-corrected chi connectivity index (χ4v) is 2.28. The van der Waals surface area contributed by atoms with Gasteiger partial charge in [-0.05, 0) is 12.1 Å². The molecule has 106 valence electrons. The van der Waals surface area contributed by atoms with Crippen LogP contribution in [0.25, 0.3) is 5.69 Å². The molecule has 8 nitrogen and oxygen atoms in total. The fraction of sp³-hybridized carbons (Fsp3) is 0.0769. The van der Waals surface area contributed by atoms with Gasteiger partial charge in [0.15, 0.2) is 0 Å². The number of carboxylic acids is 1. The smallest absolute Gasteiger partial charge is 0.412 e. The van der Waals surface area contributed by atoms with Gasteiger partial charge < -0.3 is 10.2 Å². The number of hydrogen-bond acceptors (Lipinski definition) is 4. The summed E-state index contributed by atoms with van der Waals surface area (Å²) in [4.78, 5) is 39.6. The number of nitrogens with zero attached hydrogens (tertiary/aromatic N) is 3. The molecule has 1 aliphatic rings. The Morgan fingerprint density at radius 2 is 1.81 bits per heavy atom. The average Bonchev–Trinajstić information content (AvgIpc) is 2.45. The zero-order valence-corrected chi connectivity index (χ0v) is 10.6. The molecule has 0 spiro atoms. The first kappa shape index (κ1) is 12.9. The van der Waals surface area contributed by atoms with Gasteiger partial charge >= 0.3 is 12.1 Å². The van der Waals surface area contributed by atoms with Crippen LogP contribution in [0, 0.1) is 0 Å². The molecule has 0 fully saturated rings. The van der Waals surface area contributed by atoms with Crippen molar-refractivity contribution in [3.63, 3.8) is 0 Å². The van der Waals surface area contributed by atoms with Crippen molar-refractivity contribution < 1.29 is 19.8 Å². The second-order valence-electron chi connectivity index (χ2n) is 4.39. The monoisotopic (exact) mass is 287 g/mol. The molecular formula is C13H9N3O5. The van der Waals surface area contributed by atoms with Crippen molar-refractivity contribution >= 4 is 17.7 Å². The molecule has 8 heteroatoms. The molecule has 3 rings (SSSR count). The number of carboxylic acid groups (broad SMARTS) is 2. The van der Waals surface area contributed by atoms with Gasteiger partial charge in [-0.3, -0.25) is 14.3 Å². The Labute approximate surface area is 117 Å². The lowest BCUT2D eigenvalue weighted by Gasteiger charge is -2.29. The number of aromatic nitrogens is 2. The number of para-hydroxylation sites is 2. The maximum Gasteiger partial charge on any atom is 0.412 e. The first-order valence-electron chi connectivity index (χ1n) is 5.95. The maximum atomic E-state index is 12.3. The molecule has 0 saturated carbocycles. The number of anilines is 1. The van der Waals surface area contributed by atoms with Crippen LogP contribution >= 0.6 is 0 Å². The molecule has 1 aromatic heterocycles. The number of amides is 1. The second kappa shape index (κ2) is 4.44. The van der Waals surface area contributed by atoms with Gasteiger partial charge in [0, 0.05) is 6.20 Å². The summed E-state index contributed by atoms with van der Waals surface area (Å²) in [6, 6.07) is 6.36. The zero-order chi connectivity index (χ0) is 15.1. The third-order valence-corrected chi connectivity index (χ3v) is 3.21. The molecule has 0 radical (unpaired) electrons. The summed E-state index contributed by atoms with van der Waals surface area (Å²) >= 11 is 0. The van der Waals surface area contributed by atoms with Crippen LogP contribution in [-0.4, -0.2) is 31.8 Å². The minimum absolute atomic E-state index is 0.124. The summed E-state index contributed by atoms with van der Waals surface area (Å²) in [5, 5.41) is 18.2. The first-order valence-corrected chi connectivity index (χ1v) is 5.95. The van der Waals surface area contributed by atoms with Gasteiger partial charge in [-0.1, -0.05) is 12.1 Å². The van der Waals surface area contributed by atoms with Crippen molar-refractivity contribution in [2.45, 2.75) is 6.54 Å². The van der Waals surface area contributed by atoms with Gasteiger partial charge in [0.25, 0.3) is 5.56 Å². The summed E-state index contributed by atoms with van der Waals surface area (Å²) in [6.07, 6.45) is -0.227. The van der Waals surface area contributed by atoms with E-state index in [0.717, 1.165) is 15.7 Å².